The maximum atomic E-state index is 14.8. The van der Waals surface area contributed by atoms with Gasteiger partial charge in [-0.05, 0) is 68.2 Å². The normalized spacial score (nSPS) is 26.8. The van der Waals surface area contributed by atoms with Crippen LogP contribution in [0, 0.1) is 17.8 Å². The fourth-order valence-corrected chi connectivity index (χ4v) is 14.5. The number of aliphatic hydroxyl groups excluding tert-OH is 13. The molecule has 126 heavy (non-hydrogen) atoms. The Balaban J connectivity index is 1.28. The van der Waals surface area contributed by atoms with Crippen LogP contribution in [0.25, 0.3) is 0 Å². The molecule has 0 radical (unpaired) electrons. The van der Waals surface area contributed by atoms with Gasteiger partial charge in [-0.1, -0.05) is 45.6 Å². The fraction of sp³-hybridized carbons (Fsp3) is 0.807. The molecule has 0 spiro atoms. The van der Waals surface area contributed by atoms with Crippen LogP contribution in [0.1, 0.15) is 161 Å². The zero-order chi connectivity index (χ0) is 92.6. The number of hydrogen-bond donors (Lipinski definition) is 20. The molecule has 0 bridgehead atoms. The average Bonchev–Trinajstić information content (AvgIpc) is 0.802. The highest BCUT2D eigenvalue weighted by Crippen LogP contribution is 2.30. The van der Waals surface area contributed by atoms with Crippen LogP contribution in [-0.4, -0.2) is 374 Å². The molecule has 43 nitrogen and oxygen atoms in total. The predicted octanol–water partition coefficient (Wildman–Crippen LogP) is -4.63. The van der Waals surface area contributed by atoms with Crippen molar-refractivity contribution < 1.29 is 176 Å². The number of carbonyl (C=O) groups excluding carboxylic acids is 10. The molecule has 0 aromatic heterocycles. The summed E-state index contributed by atoms with van der Waals surface area (Å²) >= 11 is 0. The molecular weight excluding hydrogens is 1670 g/mol. The van der Waals surface area contributed by atoms with E-state index in [1.165, 1.54) is 21.0 Å². The number of nitrogens with one attached hydrogen (secondary N) is 7. The van der Waals surface area contributed by atoms with Gasteiger partial charge in [0.15, 0.2) is 30.9 Å². The Labute approximate surface area is 733 Å². The molecular formula is C83H139N7O36. The number of carbonyl (C=O) groups is 10. The van der Waals surface area contributed by atoms with Crippen LogP contribution in [0.3, 0.4) is 0 Å². The molecule has 1 aromatic rings. The second-order valence-electron chi connectivity index (χ2n) is 31.8. The highest BCUT2D eigenvalue weighted by atomic mass is 16.7. The molecule has 4 unspecified atom stereocenters. The molecule has 4 aliphatic heterocycles. The van der Waals surface area contributed by atoms with Crippen LogP contribution in [0.15, 0.2) is 18.2 Å². The van der Waals surface area contributed by atoms with Crippen LogP contribution < -0.4 is 37.2 Å². The van der Waals surface area contributed by atoms with Gasteiger partial charge in [0.2, 0.25) is 41.4 Å². The Morgan fingerprint density at radius 3 is 1.32 bits per heavy atom. The second kappa shape index (κ2) is 61.2. The van der Waals surface area contributed by atoms with E-state index in [0.29, 0.717) is 43.4 Å². The van der Waals surface area contributed by atoms with E-state index in [1.807, 2.05) is 0 Å². The first-order valence-electron chi connectivity index (χ1n) is 43.4. The van der Waals surface area contributed by atoms with Crippen molar-refractivity contribution >= 4 is 64.4 Å². The van der Waals surface area contributed by atoms with Crippen molar-refractivity contribution in [2.75, 3.05) is 131 Å². The quantitative estimate of drug-likeness (QED) is 0.0273. The molecule has 1 aromatic carbocycles. The molecule has 20 N–H and O–H groups in total. The van der Waals surface area contributed by atoms with E-state index in [9.17, 15) is 114 Å². The number of hydrogen-bond acceptors (Lipinski definition) is 36. The number of Topliss-reactive ketones (excluding diaryl/α,β-unsaturated/α-hetero) is 3. The maximum Gasteiger partial charge on any atom is 0.242 e. The first-order chi connectivity index (χ1) is 60.4. The minimum Gasteiger partial charge on any atom is -0.394 e. The van der Waals surface area contributed by atoms with E-state index in [-0.39, 0.29) is 194 Å². The van der Waals surface area contributed by atoms with Gasteiger partial charge in [0, 0.05) is 122 Å². The number of ketones is 3. The van der Waals surface area contributed by atoms with Gasteiger partial charge in [-0.2, -0.15) is 0 Å². The third-order valence-corrected chi connectivity index (χ3v) is 21.7. The largest absolute Gasteiger partial charge is 0.394 e. The lowest BCUT2D eigenvalue weighted by Gasteiger charge is -2.42. The van der Waals surface area contributed by atoms with Crippen LogP contribution in [0.4, 0.5) is 5.69 Å². The van der Waals surface area contributed by atoms with E-state index in [4.69, 9.17) is 61.6 Å². The number of anilines is 1. The first-order valence-corrected chi connectivity index (χ1v) is 43.4. The van der Waals surface area contributed by atoms with Gasteiger partial charge in [-0.25, -0.2) is 0 Å². The van der Waals surface area contributed by atoms with Crippen molar-refractivity contribution in [1.29, 1.82) is 0 Å². The molecule has 4 aliphatic rings. The lowest BCUT2D eigenvalue weighted by molar-refractivity contribution is -0.284. The lowest BCUT2D eigenvalue weighted by Crippen LogP contribution is -2.64. The summed E-state index contributed by atoms with van der Waals surface area (Å²) in [5.74, 6) is -8.07. The summed E-state index contributed by atoms with van der Waals surface area (Å²) in [5, 5.41) is 150. The Hall–Kier alpha value is -6.52. The SMILES string of the molecule is COCc1cc(CO)cc(NC(=O)CCCCCCCCC(=O)C[C@H](CCC(=O)N[C@H](CCC(=O)NCCOCCOC2O[C@H](CO)[C@H](O)[C@H](O)[C@H]2NC(C)=O)C(=O)CCCOCCOC2O[C@H](CO)[C@H](O)[C@H](O)[C@H]2NC(C)=O)C(=O)N[C@H](CCC(=O)CCCOCCOC2O[C@H](CO)[C@H](O)[C@H](O)[C@H]2C)C(=O)NCCOCCOC2O[C@H](CO)[C@H](O)[C@H](O)[C@H]2C)c1. The maximum absolute atomic E-state index is 14.8. The number of benzene rings is 1. The van der Waals surface area contributed by atoms with Gasteiger partial charge in [-0.3, -0.25) is 47.9 Å². The van der Waals surface area contributed by atoms with Crippen LogP contribution in [-0.2, 0) is 123 Å². The highest BCUT2D eigenvalue weighted by molar-refractivity contribution is 5.93. The summed E-state index contributed by atoms with van der Waals surface area (Å²) in [6.45, 7) is 2.25. The van der Waals surface area contributed by atoms with E-state index < -0.39 is 221 Å². The summed E-state index contributed by atoms with van der Waals surface area (Å²) in [7, 11) is 1.54. The number of unbranched alkanes of at least 4 members (excludes halogenated alkanes) is 5. The van der Waals surface area contributed by atoms with E-state index in [2.05, 4.69) is 37.2 Å². The fourth-order valence-electron chi connectivity index (χ4n) is 14.5. The predicted molar refractivity (Wildman–Crippen MR) is 439 cm³/mol. The van der Waals surface area contributed by atoms with Crippen molar-refractivity contribution in [1.82, 2.24) is 31.9 Å². The highest BCUT2D eigenvalue weighted by Gasteiger charge is 2.48. The molecule has 7 amide bonds. The number of aliphatic hydroxyl groups is 13. The molecule has 4 saturated heterocycles. The molecule has 722 valence electrons. The van der Waals surface area contributed by atoms with Gasteiger partial charge in [0.1, 0.15) is 90.7 Å². The lowest BCUT2D eigenvalue weighted by atomic mass is 9.92. The monoisotopic (exact) mass is 1810 g/mol. The summed E-state index contributed by atoms with van der Waals surface area (Å²) in [4.78, 5) is 135. The minimum absolute atomic E-state index is 0.000339. The van der Waals surface area contributed by atoms with Gasteiger partial charge < -0.3 is 165 Å². The summed E-state index contributed by atoms with van der Waals surface area (Å²) < 4.78 is 73.1. The van der Waals surface area contributed by atoms with Crippen molar-refractivity contribution in [3.05, 3.63) is 29.3 Å². The number of amides is 7. The zero-order valence-electron chi connectivity index (χ0n) is 72.8. The van der Waals surface area contributed by atoms with Crippen LogP contribution >= 0.6 is 0 Å². The van der Waals surface area contributed by atoms with Gasteiger partial charge in [0.05, 0.1) is 124 Å². The third kappa shape index (κ3) is 39.7. The Kier molecular flexibility index (Phi) is 53.4. The van der Waals surface area contributed by atoms with Crippen molar-refractivity contribution in [2.24, 2.45) is 17.8 Å². The summed E-state index contributed by atoms with van der Waals surface area (Å²) in [5.41, 5.74) is 1.93. The van der Waals surface area contributed by atoms with E-state index >= 15 is 0 Å². The molecule has 0 aliphatic carbocycles. The minimum atomic E-state index is -1.57. The summed E-state index contributed by atoms with van der Waals surface area (Å²) in [6, 6.07) is 0.0815. The Bertz CT molecular complexity index is 3370. The molecule has 43 heteroatoms. The number of ether oxygens (including phenoxy) is 13. The second-order valence-corrected chi connectivity index (χ2v) is 31.8. The van der Waals surface area contributed by atoms with E-state index in [0.717, 1.165) is 12.0 Å². The smallest absolute Gasteiger partial charge is 0.242 e. The third-order valence-electron chi connectivity index (χ3n) is 21.7. The van der Waals surface area contributed by atoms with Crippen molar-refractivity contribution in [2.45, 2.75) is 285 Å². The van der Waals surface area contributed by atoms with Gasteiger partial charge in [-0.15, -0.1) is 0 Å². The van der Waals surface area contributed by atoms with E-state index in [1.54, 1.807) is 32.0 Å². The van der Waals surface area contributed by atoms with Crippen LogP contribution in [0.5, 0.6) is 0 Å². The topological polar surface area (TPSA) is 638 Å². The van der Waals surface area contributed by atoms with Crippen LogP contribution in [0.2, 0.25) is 0 Å². The summed E-state index contributed by atoms with van der Waals surface area (Å²) in [6.07, 6.45) is -18.8. The molecule has 23 atom stereocenters. The average molecular weight is 1810 g/mol. The molecule has 0 saturated carbocycles. The van der Waals surface area contributed by atoms with Crippen molar-refractivity contribution in [3.8, 4) is 0 Å². The molecule has 4 fully saturated rings. The number of rotatable bonds is 65. The standard InChI is InChI=1S/C83H139N7O36/c1-48-70(104)72(106)61(43-92)123-80(48)119-34-30-115-26-12-15-56(98)19-20-59(79(113)85-25-29-118-32-35-120-81-49(2)71(105)73(107)62(44-93)124-81)90-78(112)54(41-57(99)14-10-8-6-7-9-11-17-66(102)88-55-39-52(42-91)38-53(40-55)47-114-5)18-22-67(103)89-58(60(100)16-13-27-116-31-36-121-82-68(86-50(3)96)76(110)74(108)63(45-94)125-82)21-23-65(101)84-24-28-117-33-37-122-83-69(87-51(4)97)77(111)75(109)64(46-95)126-83/h38-40,48-49,54,58-59,61-64,68-77,80-83,91-95,104-111H,6-37,41-47H2,1-5H3,(H,84,101)(H,85,113)(H,86,96)(H,87,97)(H,88,102)(H,89,103)(H,90,112)/t48-,49-,54+,58-,59-,61-,62-,63-,64-,68-,69-,70-,71-,72+,73+,74+,75+,76-,77-,80?,81?,82?,83?/m1/s1. The molecule has 4 heterocycles. The Morgan fingerprint density at radius 1 is 0.397 bits per heavy atom. The Morgan fingerprint density at radius 2 is 0.825 bits per heavy atom. The van der Waals surface area contributed by atoms with Gasteiger partial charge >= 0.3 is 0 Å². The molecule has 5 rings (SSSR count). The zero-order valence-corrected chi connectivity index (χ0v) is 72.8. The number of methoxy groups -OCH3 is 1. The van der Waals surface area contributed by atoms with Gasteiger partial charge in [0.25, 0.3) is 0 Å². The van der Waals surface area contributed by atoms with Crippen molar-refractivity contribution in [3.63, 3.8) is 0 Å². The first kappa shape index (κ1) is 110.